The summed E-state index contributed by atoms with van der Waals surface area (Å²) in [6.07, 6.45) is 4.23. The van der Waals surface area contributed by atoms with Gasteiger partial charge in [0, 0.05) is 30.6 Å². The molecule has 1 aliphatic rings. The highest BCUT2D eigenvalue weighted by atomic mass is 16.6. The molecule has 0 heterocycles. The summed E-state index contributed by atoms with van der Waals surface area (Å²) < 4.78 is 0. The van der Waals surface area contributed by atoms with Gasteiger partial charge in [0.2, 0.25) is 11.8 Å². The van der Waals surface area contributed by atoms with Crippen LogP contribution < -0.4 is 5.32 Å². The third kappa shape index (κ3) is 6.56. The number of amides is 2. The average molecular weight is 486 g/mol. The lowest BCUT2D eigenvalue weighted by atomic mass is 10.0. The zero-order valence-corrected chi connectivity index (χ0v) is 20.2. The number of hydrogen-bond donors (Lipinski definition) is 1. The summed E-state index contributed by atoms with van der Waals surface area (Å²) in [5, 5.41) is 14.7. The van der Waals surface area contributed by atoms with Crippen LogP contribution in [0.15, 0.2) is 84.9 Å². The van der Waals surface area contributed by atoms with E-state index in [0.717, 1.165) is 36.8 Å². The molecule has 0 aromatic heterocycles. The molecule has 3 aromatic rings. The van der Waals surface area contributed by atoms with E-state index < -0.39 is 11.0 Å². The molecule has 0 aliphatic heterocycles. The number of nitrogens with zero attached hydrogens (tertiary/aromatic N) is 2. The molecule has 3 aromatic carbocycles. The van der Waals surface area contributed by atoms with E-state index in [9.17, 15) is 19.7 Å². The number of para-hydroxylation sites is 1. The quantitative estimate of drug-likeness (QED) is 0.329. The molecule has 7 nitrogen and oxygen atoms in total. The fourth-order valence-electron chi connectivity index (χ4n) is 4.80. The maximum Gasteiger partial charge on any atom is 0.273 e. The lowest BCUT2D eigenvalue weighted by Gasteiger charge is -2.32. The molecular weight excluding hydrogens is 454 g/mol. The van der Waals surface area contributed by atoms with Crippen LogP contribution in [0, 0.1) is 10.1 Å². The number of hydrogen-bond acceptors (Lipinski definition) is 4. The summed E-state index contributed by atoms with van der Waals surface area (Å²) in [5.74, 6) is -0.506. The van der Waals surface area contributed by atoms with Gasteiger partial charge in [-0.25, -0.2) is 0 Å². The summed E-state index contributed by atoms with van der Waals surface area (Å²) >= 11 is 0. The van der Waals surface area contributed by atoms with Crippen molar-refractivity contribution < 1.29 is 14.5 Å². The van der Waals surface area contributed by atoms with Crippen LogP contribution in [0.2, 0.25) is 0 Å². The van der Waals surface area contributed by atoms with Gasteiger partial charge in [0.05, 0.1) is 11.3 Å². The minimum absolute atomic E-state index is 0.0967. The van der Waals surface area contributed by atoms with Crippen molar-refractivity contribution in [3.8, 4) is 0 Å². The fraction of sp³-hybridized carbons (Fsp3) is 0.310. The minimum Gasteiger partial charge on any atom is -0.352 e. The van der Waals surface area contributed by atoms with E-state index in [0.29, 0.717) is 12.0 Å². The van der Waals surface area contributed by atoms with Crippen molar-refractivity contribution in [3.05, 3.63) is 112 Å². The van der Waals surface area contributed by atoms with E-state index in [1.54, 1.807) is 23.1 Å². The second-order valence-electron chi connectivity index (χ2n) is 9.27. The molecule has 0 saturated heterocycles. The van der Waals surface area contributed by atoms with Gasteiger partial charge in [-0.1, -0.05) is 91.7 Å². The van der Waals surface area contributed by atoms with Crippen LogP contribution in [0.3, 0.4) is 0 Å². The van der Waals surface area contributed by atoms with Crippen LogP contribution in [0.4, 0.5) is 5.69 Å². The van der Waals surface area contributed by atoms with Crippen LogP contribution in [0.5, 0.6) is 0 Å². The molecular formula is C29H31N3O4. The third-order valence-corrected chi connectivity index (χ3v) is 6.70. The summed E-state index contributed by atoms with van der Waals surface area (Å²) in [7, 11) is 0. The Morgan fingerprint density at radius 3 is 2.11 bits per heavy atom. The lowest BCUT2D eigenvalue weighted by Crippen LogP contribution is -2.52. The molecule has 1 saturated carbocycles. The molecule has 1 N–H and O–H groups in total. The second-order valence-corrected chi connectivity index (χ2v) is 9.27. The molecule has 4 rings (SSSR count). The standard InChI is InChI=1S/C29H31N3O4/c33-28(20-24-15-7-10-18-26(24)32(35)36)31(21-23-13-5-2-6-14-23)27(19-22-11-3-1-4-12-22)29(34)30-25-16-8-9-17-25/h1-7,10-15,18,25,27H,8-9,16-17,19-21H2,(H,30,34)/t27-/m0/s1. The molecule has 0 unspecified atom stereocenters. The van der Waals surface area contributed by atoms with Gasteiger partial charge in [-0.05, 0) is 24.0 Å². The third-order valence-electron chi connectivity index (χ3n) is 6.70. The molecule has 0 spiro atoms. The van der Waals surface area contributed by atoms with Crippen LogP contribution >= 0.6 is 0 Å². The van der Waals surface area contributed by atoms with Crippen molar-refractivity contribution >= 4 is 17.5 Å². The Bertz CT molecular complexity index is 1180. The van der Waals surface area contributed by atoms with Crippen molar-refractivity contribution in [2.75, 3.05) is 0 Å². The Kier molecular flexibility index (Phi) is 8.44. The number of nitro groups is 1. The van der Waals surface area contributed by atoms with E-state index in [1.807, 2.05) is 60.7 Å². The van der Waals surface area contributed by atoms with Crippen molar-refractivity contribution in [1.82, 2.24) is 10.2 Å². The first-order valence-electron chi connectivity index (χ1n) is 12.4. The Labute approximate surface area is 211 Å². The van der Waals surface area contributed by atoms with Crippen LogP contribution in [0.1, 0.15) is 42.4 Å². The maximum atomic E-state index is 13.8. The van der Waals surface area contributed by atoms with Crippen molar-refractivity contribution in [3.63, 3.8) is 0 Å². The molecule has 2 amide bonds. The van der Waals surface area contributed by atoms with Gasteiger partial charge in [0.1, 0.15) is 6.04 Å². The SMILES string of the molecule is O=C(NC1CCCC1)[C@H](Cc1ccccc1)N(Cc1ccccc1)C(=O)Cc1ccccc1[N+](=O)[O-]. The van der Waals surface area contributed by atoms with Gasteiger partial charge < -0.3 is 10.2 Å². The minimum atomic E-state index is -0.747. The number of carbonyl (C=O) groups is 2. The van der Waals surface area contributed by atoms with Gasteiger partial charge in [-0.2, -0.15) is 0 Å². The summed E-state index contributed by atoms with van der Waals surface area (Å²) in [5.41, 5.74) is 2.07. The highest BCUT2D eigenvalue weighted by molar-refractivity contribution is 5.89. The van der Waals surface area contributed by atoms with Crippen molar-refractivity contribution in [1.29, 1.82) is 0 Å². The molecule has 1 aliphatic carbocycles. The highest BCUT2D eigenvalue weighted by Crippen LogP contribution is 2.23. The summed E-state index contributed by atoms with van der Waals surface area (Å²) in [6, 6.07) is 24.8. The molecule has 0 radical (unpaired) electrons. The molecule has 186 valence electrons. The summed E-state index contributed by atoms with van der Waals surface area (Å²) in [4.78, 5) is 40.1. The van der Waals surface area contributed by atoms with Gasteiger partial charge in [-0.3, -0.25) is 19.7 Å². The Hall–Kier alpha value is -4.00. The molecule has 1 fully saturated rings. The van der Waals surface area contributed by atoms with Crippen molar-refractivity contribution in [2.24, 2.45) is 0 Å². The zero-order chi connectivity index (χ0) is 25.3. The van der Waals surface area contributed by atoms with Gasteiger partial charge in [0.25, 0.3) is 5.69 Å². The number of carbonyl (C=O) groups excluding carboxylic acids is 2. The maximum absolute atomic E-state index is 13.8. The first-order chi connectivity index (χ1) is 17.5. The van der Waals surface area contributed by atoms with E-state index in [4.69, 9.17) is 0 Å². The Morgan fingerprint density at radius 2 is 1.47 bits per heavy atom. The Morgan fingerprint density at radius 1 is 0.889 bits per heavy atom. The van der Waals surface area contributed by atoms with Crippen LogP contribution in [0.25, 0.3) is 0 Å². The normalized spacial score (nSPS) is 14.2. The number of nitrogens with one attached hydrogen (secondary N) is 1. The first kappa shape index (κ1) is 25.1. The van der Waals surface area contributed by atoms with E-state index in [-0.39, 0.29) is 36.5 Å². The lowest BCUT2D eigenvalue weighted by molar-refractivity contribution is -0.385. The largest absolute Gasteiger partial charge is 0.352 e. The number of benzene rings is 3. The number of rotatable bonds is 10. The smallest absolute Gasteiger partial charge is 0.273 e. The van der Waals surface area contributed by atoms with Gasteiger partial charge in [-0.15, -0.1) is 0 Å². The second kappa shape index (κ2) is 12.1. The Balaban J connectivity index is 1.67. The van der Waals surface area contributed by atoms with Crippen LogP contribution in [-0.4, -0.2) is 33.7 Å². The first-order valence-corrected chi connectivity index (χ1v) is 12.4. The molecule has 7 heteroatoms. The molecule has 36 heavy (non-hydrogen) atoms. The number of nitro benzene ring substituents is 1. The molecule has 0 bridgehead atoms. The topological polar surface area (TPSA) is 92.6 Å². The predicted molar refractivity (Wildman–Crippen MR) is 138 cm³/mol. The van der Waals surface area contributed by atoms with Crippen LogP contribution in [-0.2, 0) is 29.0 Å². The van der Waals surface area contributed by atoms with Crippen molar-refractivity contribution in [2.45, 2.75) is 57.2 Å². The van der Waals surface area contributed by atoms with E-state index in [1.165, 1.54) is 6.07 Å². The fourth-order valence-corrected chi connectivity index (χ4v) is 4.80. The predicted octanol–water partition coefficient (Wildman–Crippen LogP) is 4.84. The van der Waals surface area contributed by atoms with Gasteiger partial charge >= 0.3 is 0 Å². The zero-order valence-electron chi connectivity index (χ0n) is 20.2. The van der Waals surface area contributed by atoms with Gasteiger partial charge in [0.15, 0.2) is 0 Å². The average Bonchev–Trinajstić information content (AvgIpc) is 3.40. The highest BCUT2D eigenvalue weighted by Gasteiger charge is 2.33. The van der Waals surface area contributed by atoms with E-state index >= 15 is 0 Å². The monoisotopic (exact) mass is 485 g/mol. The molecule has 1 atom stereocenters. The van der Waals surface area contributed by atoms with E-state index in [2.05, 4.69) is 5.32 Å². The summed E-state index contributed by atoms with van der Waals surface area (Å²) in [6.45, 7) is 0.232.